The lowest BCUT2D eigenvalue weighted by atomic mass is 9.97. The molecule has 154 valence electrons. The lowest BCUT2D eigenvalue weighted by Crippen LogP contribution is -2.32. The van der Waals surface area contributed by atoms with E-state index >= 15 is 0 Å². The number of nitro groups is 1. The molecule has 0 amide bonds. The van der Waals surface area contributed by atoms with Crippen LogP contribution in [0, 0.1) is 10.1 Å². The minimum atomic E-state index is -4.13. The quantitative estimate of drug-likeness (QED) is 0.482. The van der Waals surface area contributed by atoms with Gasteiger partial charge in [-0.3, -0.25) is 10.1 Å². The molecule has 3 rings (SSSR count). The highest BCUT2D eigenvalue weighted by Gasteiger charge is 2.28. The predicted molar refractivity (Wildman–Crippen MR) is 100 cm³/mol. The highest BCUT2D eigenvalue weighted by Crippen LogP contribution is 2.30. The van der Waals surface area contributed by atoms with Crippen LogP contribution in [-0.2, 0) is 26.0 Å². The third-order valence-corrected chi connectivity index (χ3v) is 5.80. The van der Waals surface area contributed by atoms with Gasteiger partial charge in [-0.25, -0.2) is 17.9 Å². The normalized spacial score (nSPS) is 16.1. The summed E-state index contributed by atoms with van der Waals surface area (Å²) in [5, 5.41) is 19.8. The van der Waals surface area contributed by atoms with Gasteiger partial charge in [-0.2, -0.15) is 0 Å². The van der Waals surface area contributed by atoms with Gasteiger partial charge in [0.05, 0.1) is 17.6 Å². The second-order valence-electron chi connectivity index (χ2n) is 6.23. The first kappa shape index (κ1) is 20.7. The van der Waals surface area contributed by atoms with Crippen LogP contribution in [0.1, 0.15) is 17.2 Å². The van der Waals surface area contributed by atoms with Crippen LogP contribution >= 0.6 is 0 Å². The molecule has 1 atom stereocenters. The molecule has 0 saturated heterocycles. The summed E-state index contributed by atoms with van der Waals surface area (Å²) in [7, 11) is -4.13. The van der Waals surface area contributed by atoms with Crippen molar-refractivity contribution in [2.45, 2.75) is 17.4 Å². The Morgan fingerprint density at radius 1 is 1.31 bits per heavy atom. The number of sulfonamides is 1. The average molecular weight is 422 g/mol. The van der Waals surface area contributed by atoms with Crippen LogP contribution in [0.4, 0.5) is 5.69 Å². The Hall–Kier alpha value is -3.02. The number of carboxylic acid groups (broad SMARTS) is 1. The molecule has 0 fully saturated rings. The van der Waals surface area contributed by atoms with Crippen molar-refractivity contribution < 1.29 is 32.7 Å². The third kappa shape index (κ3) is 4.88. The van der Waals surface area contributed by atoms with E-state index < -0.39 is 44.2 Å². The van der Waals surface area contributed by atoms with Crippen molar-refractivity contribution in [3.63, 3.8) is 0 Å². The molecule has 0 aliphatic carbocycles. The Labute approximate surface area is 166 Å². The summed E-state index contributed by atoms with van der Waals surface area (Å²) in [6.45, 7) is -0.238. The molecule has 1 heterocycles. The molecule has 1 aliphatic heterocycles. The predicted octanol–water partition coefficient (Wildman–Crippen LogP) is 1.65. The van der Waals surface area contributed by atoms with Gasteiger partial charge in [0.1, 0.15) is 5.75 Å². The number of nitro benzene ring substituents is 1. The summed E-state index contributed by atoms with van der Waals surface area (Å²) in [6, 6.07) is 10.1. The van der Waals surface area contributed by atoms with E-state index in [0.717, 1.165) is 17.2 Å². The number of benzene rings is 2. The van der Waals surface area contributed by atoms with Gasteiger partial charge < -0.3 is 14.6 Å². The summed E-state index contributed by atoms with van der Waals surface area (Å²) < 4.78 is 38.3. The van der Waals surface area contributed by atoms with Crippen LogP contribution < -0.4 is 9.46 Å². The molecule has 29 heavy (non-hydrogen) atoms. The molecule has 2 aromatic carbocycles. The van der Waals surface area contributed by atoms with E-state index in [0.29, 0.717) is 18.8 Å². The lowest BCUT2D eigenvalue weighted by molar-refractivity contribution is -0.387. The summed E-state index contributed by atoms with van der Waals surface area (Å²) >= 11 is 0. The monoisotopic (exact) mass is 422 g/mol. The van der Waals surface area contributed by atoms with Crippen molar-refractivity contribution in [2.75, 3.05) is 19.8 Å². The lowest BCUT2D eigenvalue weighted by Gasteiger charge is -2.26. The number of aliphatic carboxylic acids is 1. The molecule has 10 nitrogen and oxygen atoms in total. The smallest absolute Gasteiger partial charge is 0.341 e. The molecule has 0 radical (unpaired) electrons. The van der Waals surface area contributed by atoms with Gasteiger partial charge in [0, 0.05) is 12.6 Å². The third-order valence-electron chi connectivity index (χ3n) is 4.32. The molecular formula is C18H18N2O8S. The van der Waals surface area contributed by atoms with E-state index in [1.54, 1.807) is 18.2 Å². The Balaban J connectivity index is 1.76. The zero-order chi connectivity index (χ0) is 21.0. The summed E-state index contributed by atoms with van der Waals surface area (Å²) in [6.07, 6.45) is -0.0303. The van der Waals surface area contributed by atoms with E-state index in [-0.39, 0.29) is 6.54 Å². The van der Waals surface area contributed by atoms with Crippen molar-refractivity contribution >= 4 is 21.7 Å². The largest absolute Gasteiger partial charge is 0.482 e. The van der Waals surface area contributed by atoms with Crippen molar-refractivity contribution in [3.8, 4) is 5.75 Å². The van der Waals surface area contributed by atoms with Gasteiger partial charge in [-0.1, -0.05) is 18.2 Å². The van der Waals surface area contributed by atoms with Crippen LogP contribution in [0.5, 0.6) is 5.75 Å². The second kappa shape index (κ2) is 8.55. The number of carboxylic acids is 1. The highest BCUT2D eigenvalue weighted by atomic mass is 32.2. The molecule has 0 aromatic heterocycles. The number of carbonyl (C=O) groups is 1. The topological polar surface area (TPSA) is 145 Å². The molecule has 0 saturated carbocycles. The maximum absolute atomic E-state index is 12.6. The van der Waals surface area contributed by atoms with Crippen LogP contribution in [0.25, 0.3) is 0 Å². The molecule has 2 N–H and O–H groups in total. The van der Waals surface area contributed by atoms with E-state index in [9.17, 15) is 23.3 Å². The van der Waals surface area contributed by atoms with Crippen LogP contribution in [0.2, 0.25) is 0 Å². The molecule has 2 aromatic rings. The van der Waals surface area contributed by atoms with Gasteiger partial charge in [-0.15, -0.1) is 0 Å². The number of hydrogen-bond donors (Lipinski definition) is 2. The zero-order valence-corrected chi connectivity index (χ0v) is 15.9. The van der Waals surface area contributed by atoms with Crippen LogP contribution in [0.15, 0.2) is 47.4 Å². The Bertz CT molecular complexity index is 1040. The van der Waals surface area contributed by atoms with E-state index in [2.05, 4.69) is 4.72 Å². The first-order valence-electron chi connectivity index (χ1n) is 8.60. The van der Waals surface area contributed by atoms with E-state index in [4.69, 9.17) is 14.6 Å². The van der Waals surface area contributed by atoms with Crippen LogP contribution in [0.3, 0.4) is 0 Å². The maximum atomic E-state index is 12.6. The second-order valence-corrected chi connectivity index (χ2v) is 7.96. The fourth-order valence-corrected chi connectivity index (χ4v) is 4.22. The number of para-hydroxylation sites is 1. The SMILES string of the molecule is O=C(O)COc1ccc2c(c1)CCOC2CNS(=O)(=O)c1ccccc1[N+](=O)[O-]. The van der Waals surface area contributed by atoms with Crippen molar-refractivity contribution in [1.29, 1.82) is 0 Å². The van der Waals surface area contributed by atoms with Crippen molar-refractivity contribution in [1.82, 2.24) is 4.72 Å². The molecule has 11 heteroatoms. The minimum absolute atomic E-state index is 0.114. The summed E-state index contributed by atoms with van der Waals surface area (Å²) in [5.74, 6) is -0.694. The molecule has 1 unspecified atom stereocenters. The molecule has 1 aliphatic rings. The zero-order valence-electron chi connectivity index (χ0n) is 15.1. The molecular weight excluding hydrogens is 404 g/mol. The number of nitrogens with zero attached hydrogens (tertiary/aromatic N) is 1. The van der Waals surface area contributed by atoms with Crippen molar-refractivity contribution in [2.24, 2.45) is 0 Å². The fourth-order valence-electron chi connectivity index (χ4n) is 3.02. The Kier molecular flexibility index (Phi) is 6.11. The number of hydrogen-bond acceptors (Lipinski definition) is 7. The summed E-state index contributed by atoms with van der Waals surface area (Å²) in [5.41, 5.74) is 1.09. The highest BCUT2D eigenvalue weighted by molar-refractivity contribution is 7.89. The fraction of sp³-hybridized carbons (Fsp3) is 0.278. The molecule has 0 spiro atoms. The van der Waals surface area contributed by atoms with Gasteiger partial charge >= 0.3 is 5.97 Å². The van der Waals surface area contributed by atoms with Gasteiger partial charge in [0.2, 0.25) is 10.0 Å². The Morgan fingerprint density at radius 2 is 2.07 bits per heavy atom. The molecule has 0 bridgehead atoms. The summed E-state index contributed by atoms with van der Waals surface area (Å²) in [4.78, 5) is 20.6. The maximum Gasteiger partial charge on any atom is 0.341 e. The van der Waals surface area contributed by atoms with Crippen LogP contribution in [-0.4, -0.2) is 44.2 Å². The first-order chi connectivity index (χ1) is 13.8. The number of nitrogens with one attached hydrogen (secondary N) is 1. The van der Waals surface area contributed by atoms with Crippen molar-refractivity contribution in [3.05, 3.63) is 63.7 Å². The number of fused-ring (bicyclic) bond motifs is 1. The van der Waals surface area contributed by atoms with E-state index in [1.807, 2.05) is 0 Å². The Morgan fingerprint density at radius 3 is 2.79 bits per heavy atom. The first-order valence-corrected chi connectivity index (χ1v) is 10.1. The minimum Gasteiger partial charge on any atom is -0.482 e. The average Bonchev–Trinajstić information content (AvgIpc) is 2.70. The van der Waals surface area contributed by atoms with Gasteiger partial charge in [0.15, 0.2) is 11.5 Å². The number of rotatable bonds is 8. The van der Waals surface area contributed by atoms with Gasteiger partial charge in [-0.05, 0) is 35.7 Å². The standard InChI is InChI=1S/C18H18N2O8S/c21-18(22)11-28-13-5-6-14-12(9-13)7-8-27-16(14)10-19-29(25,26)17-4-2-1-3-15(17)20(23)24/h1-6,9,16,19H,7-8,10-11H2,(H,21,22). The van der Waals surface area contributed by atoms with Gasteiger partial charge in [0.25, 0.3) is 5.69 Å². The van der Waals surface area contributed by atoms with E-state index in [1.165, 1.54) is 18.2 Å². The number of ether oxygens (including phenoxy) is 2.